The van der Waals surface area contributed by atoms with Gasteiger partial charge >= 0.3 is 0 Å². The minimum absolute atomic E-state index is 0.270. The Hall–Kier alpha value is -3.02. The van der Waals surface area contributed by atoms with Gasteiger partial charge in [0.2, 0.25) is 0 Å². The number of aromatic nitrogens is 4. The molecule has 0 saturated carbocycles. The molecule has 2 aromatic heterocycles. The minimum atomic E-state index is -0.270. The van der Waals surface area contributed by atoms with Gasteiger partial charge in [0.05, 0.1) is 17.6 Å². The Morgan fingerprint density at radius 1 is 1.20 bits per heavy atom. The first-order chi connectivity index (χ1) is 12.2. The number of aryl methyl sites for hydroxylation is 3. The number of rotatable bonds is 3. The third kappa shape index (κ3) is 3.28. The molecular weight excluding hydrogens is 314 g/mol. The van der Waals surface area contributed by atoms with Crippen LogP contribution in [0.1, 0.15) is 34.8 Å². The quantitative estimate of drug-likeness (QED) is 0.798. The van der Waals surface area contributed by atoms with Gasteiger partial charge in [0.15, 0.2) is 0 Å². The maximum absolute atomic E-state index is 12.3. The predicted molar refractivity (Wildman–Crippen MR) is 95.3 cm³/mol. The molecule has 0 saturated heterocycles. The Morgan fingerprint density at radius 3 is 2.92 bits per heavy atom. The van der Waals surface area contributed by atoms with Crippen LogP contribution in [0, 0.1) is 6.92 Å². The third-order valence-electron chi connectivity index (χ3n) is 4.34. The SMILES string of the molecule is Cc1cnc(C(=O)Nc2cccc(-c3cn4c(n3)CCCC4)c2)cn1. The van der Waals surface area contributed by atoms with Crippen LogP contribution in [0.3, 0.4) is 0 Å². The molecule has 1 aliphatic heterocycles. The van der Waals surface area contributed by atoms with Gasteiger partial charge in [0.1, 0.15) is 11.5 Å². The fourth-order valence-corrected chi connectivity index (χ4v) is 3.01. The van der Waals surface area contributed by atoms with Crippen LogP contribution in [0.2, 0.25) is 0 Å². The van der Waals surface area contributed by atoms with Gasteiger partial charge in [-0.2, -0.15) is 0 Å². The van der Waals surface area contributed by atoms with Gasteiger partial charge in [-0.15, -0.1) is 0 Å². The Bertz CT molecular complexity index is 890. The number of nitrogens with zero attached hydrogens (tertiary/aromatic N) is 4. The number of carbonyl (C=O) groups excluding carboxylic acids is 1. The normalized spacial score (nSPS) is 13.3. The van der Waals surface area contributed by atoms with E-state index in [0.717, 1.165) is 41.4 Å². The largest absolute Gasteiger partial charge is 0.334 e. The lowest BCUT2D eigenvalue weighted by Gasteiger charge is -2.11. The van der Waals surface area contributed by atoms with E-state index in [1.165, 1.54) is 19.0 Å². The van der Waals surface area contributed by atoms with E-state index >= 15 is 0 Å². The highest BCUT2D eigenvalue weighted by Crippen LogP contribution is 2.25. The van der Waals surface area contributed by atoms with Crippen molar-refractivity contribution >= 4 is 11.6 Å². The van der Waals surface area contributed by atoms with Crippen molar-refractivity contribution in [3.8, 4) is 11.3 Å². The van der Waals surface area contributed by atoms with E-state index in [1.54, 1.807) is 6.20 Å². The molecule has 1 N–H and O–H groups in total. The molecular formula is C19H19N5O. The summed E-state index contributed by atoms with van der Waals surface area (Å²) < 4.78 is 2.23. The van der Waals surface area contributed by atoms with Crippen molar-refractivity contribution in [3.05, 3.63) is 60.1 Å². The lowest BCUT2D eigenvalue weighted by Crippen LogP contribution is -2.14. The van der Waals surface area contributed by atoms with Crippen LogP contribution in [0.4, 0.5) is 5.69 Å². The van der Waals surface area contributed by atoms with Gasteiger partial charge in [-0.05, 0) is 31.9 Å². The zero-order valence-corrected chi connectivity index (χ0v) is 14.1. The summed E-state index contributed by atoms with van der Waals surface area (Å²) in [5.74, 6) is 0.874. The predicted octanol–water partition coefficient (Wildman–Crippen LogP) is 3.24. The van der Waals surface area contributed by atoms with Crippen molar-refractivity contribution in [2.45, 2.75) is 32.7 Å². The summed E-state index contributed by atoms with van der Waals surface area (Å²) in [5, 5.41) is 2.87. The number of hydrogen-bond acceptors (Lipinski definition) is 4. The Balaban J connectivity index is 1.56. The molecule has 126 valence electrons. The van der Waals surface area contributed by atoms with Crippen LogP contribution in [0.15, 0.2) is 42.9 Å². The van der Waals surface area contributed by atoms with E-state index in [0.29, 0.717) is 5.69 Å². The average molecular weight is 333 g/mol. The molecule has 1 aromatic carbocycles. The second-order valence-corrected chi connectivity index (χ2v) is 6.27. The average Bonchev–Trinajstić information content (AvgIpc) is 3.07. The number of benzene rings is 1. The summed E-state index contributed by atoms with van der Waals surface area (Å²) in [5.41, 5.74) is 3.74. The molecule has 6 heteroatoms. The zero-order chi connectivity index (χ0) is 17.2. The summed E-state index contributed by atoms with van der Waals surface area (Å²) in [6, 6.07) is 7.73. The van der Waals surface area contributed by atoms with Crippen LogP contribution in [-0.2, 0) is 13.0 Å². The number of hydrogen-bond donors (Lipinski definition) is 1. The maximum atomic E-state index is 12.3. The van der Waals surface area contributed by atoms with Crippen molar-refractivity contribution in [3.63, 3.8) is 0 Å². The fourth-order valence-electron chi connectivity index (χ4n) is 3.01. The highest BCUT2D eigenvalue weighted by Gasteiger charge is 2.14. The Labute approximate surface area is 146 Å². The molecule has 3 heterocycles. The molecule has 0 atom stereocenters. The molecule has 1 aliphatic rings. The number of imidazole rings is 1. The van der Waals surface area contributed by atoms with Crippen LogP contribution < -0.4 is 5.32 Å². The lowest BCUT2D eigenvalue weighted by atomic mass is 10.1. The summed E-state index contributed by atoms with van der Waals surface area (Å²) in [7, 11) is 0. The summed E-state index contributed by atoms with van der Waals surface area (Å²) in [6.45, 7) is 2.87. The standard InChI is InChI=1S/C19H19N5O/c1-13-10-21-16(11-20-13)19(25)22-15-6-4-5-14(9-15)17-12-24-8-3-2-7-18(24)23-17/h4-6,9-12H,2-3,7-8H2,1H3,(H,22,25). The molecule has 0 aliphatic carbocycles. The maximum Gasteiger partial charge on any atom is 0.275 e. The molecule has 0 fully saturated rings. The smallest absolute Gasteiger partial charge is 0.275 e. The van der Waals surface area contributed by atoms with Crippen LogP contribution in [-0.4, -0.2) is 25.4 Å². The van der Waals surface area contributed by atoms with E-state index in [-0.39, 0.29) is 5.91 Å². The van der Waals surface area contributed by atoms with Gasteiger partial charge in [-0.3, -0.25) is 9.78 Å². The molecule has 0 bridgehead atoms. The third-order valence-corrected chi connectivity index (χ3v) is 4.34. The van der Waals surface area contributed by atoms with Crippen molar-refractivity contribution in [2.75, 3.05) is 5.32 Å². The second-order valence-electron chi connectivity index (χ2n) is 6.27. The number of nitrogens with one attached hydrogen (secondary N) is 1. The van der Waals surface area contributed by atoms with Crippen LogP contribution in [0.25, 0.3) is 11.3 Å². The number of fused-ring (bicyclic) bond motifs is 1. The first-order valence-electron chi connectivity index (χ1n) is 8.45. The van der Waals surface area contributed by atoms with Crippen molar-refractivity contribution in [1.82, 2.24) is 19.5 Å². The molecule has 25 heavy (non-hydrogen) atoms. The number of carbonyl (C=O) groups is 1. The van der Waals surface area contributed by atoms with Gasteiger partial charge in [-0.25, -0.2) is 9.97 Å². The van der Waals surface area contributed by atoms with Gasteiger partial charge < -0.3 is 9.88 Å². The van der Waals surface area contributed by atoms with Crippen molar-refractivity contribution < 1.29 is 4.79 Å². The van der Waals surface area contributed by atoms with Crippen LogP contribution >= 0.6 is 0 Å². The summed E-state index contributed by atoms with van der Waals surface area (Å²) in [6.07, 6.45) is 8.60. The topological polar surface area (TPSA) is 72.7 Å². The van der Waals surface area contributed by atoms with Crippen molar-refractivity contribution in [1.29, 1.82) is 0 Å². The lowest BCUT2D eigenvalue weighted by molar-refractivity contribution is 0.102. The Morgan fingerprint density at radius 2 is 2.12 bits per heavy atom. The zero-order valence-electron chi connectivity index (χ0n) is 14.1. The number of amides is 1. The summed E-state index contributed by atoms with van der Waals surface area (Å²) >= 11 is 0. The van der Waals surface area contributed by atoms with Crippen LogP contribution in [0.5, 0.6) is 0 Å². The van der Waals surface area contributed by atoms with E-state index in [4.69, 9.17) is 4.98 Å². The van der Waals surface area contributed by atoms with Gasteiger partial charge in [0.25, 0.3) is 5.91 Å². The van der Waals surface area contributed by atoms with Gasteiger partial charge in [-0.1, -0.05) is 12.1 Å². The molecule has 4 rings (SSSR count). The number of anilines is 1. The van der Waals surface area contributed by atoms with E-state index in [2.05, 4.69) is 26.0 Å². The van der Waals surface area contributed by atoms with E-state index < -0.39 is 0 Å². The molecule has 6 nitrogen and oxygen atoms in total. The monoisotopic (exact) mass is 333 g/mol. The van der Waals surface area contributed by atoms with Crippen molar-refractivity contribution in [2.24, 2.45) is 0 Å². The highest BCUT2D eigenvalue weighted by molar-refractivity contribution is 6.02. The first kappa shape index (κ1) is 15.5. The first-order valence-corrected chi connectivity index (χ1v) is 8.45. The molecule has 1 amide bonds. The molecule has 0 radical (unpaired) electrons. The molecule has 0 spiro atoms. The second kappa shape index (κ2) is 6.47. The molecule has 0 unspecified atom stereocenters. The highest BCUT2D eigenvalue weighted by atomic mass is 16.1. The minimum Gasteiger partial charge on any atom is -0.334 e. The summed E-state index contributed by atoms with van der Waals surface area (Å²) in [4.78, 5) is 25.3. The Kier molecular flexibility index (Phi) is 4.01. The van der Waals surface area contributed by atoms with E-state index in [1.807, 2.05) is 31.2 Å². The van der Waals surface area contributed by atoms with E-state index in [9.17, 15) is 4.79 Å². The van der Waals surface area contributed by atoms with Gasteiger partial charge in [0, 0.05) is 36.6 Å². The molecule has 3 aromatic rings. The fraction of sp³-hybridized carbons (Fsp3) is 0.263.